The van der Waals surface area contributed by atoms with Gasteiger partial charge in [-0.3, -0.25) is 4.79 Å². The molecule has 25 heavy (non-hydrogen) atoms. The number of carbonyl (C=O) groups excluding carboxylic acids is 1. The van der Waals surface area contributed by atoms with Gasteiger partial charge in [-0.2, -0.15) is 5.26 Å². The van der Waals surface area contributed by atoms with Crippen LogP contribution in [-0.2, 0) is 4.79 Å². The average Bonchev–Trinajstić information content (AvgIpc) is 2.67. The van der Waals surface area contributed by atoms with Crippen molar-refractivity contribution in [2.45, 2.75) is 0 Å². The van der Waals surface area contributed by atoms with Crippen LogP contribution in [-0.4, -0.2) is 48.7 Å². The summed E-state index contributed by atoms with van der Waals surface area (Å²) in [6, 6.07) is 15.8. The van der Waals surface area contributed by atoms with Crippen molar-refractivity contribution in [3.05, 3.63) is 54.1 Å². The highest BCUT2D eigenvalue weighted by Crippen LogP contribution is 2.20. The molecule has 3 rings (SSSR count). The third kappa shape index (κ3) is 4.21. The molecule has 1 saturated heterocycles. The number of phenols is 1. The lowest BCUT2D eigenvalue weighted by atomic mass is 10.2. The summed E-state index contributed by atoms with van der Waals surface area (Å²) in [5.41, 5.74) is 1.60. The third-order valence-electron chi connectivity index (χ3n) is 4.19. The molecular formula is C19H19N3O3. The van der Waals surface area contributed by atoms with Crippen LogP contribution in [0.15, 0.2) is 48.5 Å². The molecule has 6 heteroatoms. The van der Waals surface area contributed by atoms with Gasteiger partial charge in [0.2, 0.25) is 0 Å². The van der Waals surface area contributed by atoms with Crippen LogP contribution >= 0.6 is 0 Å². The Labute approximate surface area is 146 Å². The maximum absolute atomic E-state index is 12.3. The zero-order chi connectivity index (χ0) is 17.6. The van der Waals surface area contributed by atoms with Gasteiger partial charge < -0.3 is 19.6 Å². The van der Waals surface area contributed by atoms with Gasteiger partial charge in [0, 0.05) is 31.9 Å². The van der Waals surface area contributed by atoms with Crippen LogP contribution in [0, 0.1) is 11.3 Å². The van der Waals surface area contributed by atoms with E-state index in [0.717, 1.165) is 18.8 Å². The summed E-state index contributed by atoms with van der Waals surface area (Å²) in [5.74, 6) is 0.780. The molecule has 0 aromatic heterocycles. The number of ether oxygens (including phenoxy) is 1. The number of anilines is 1. The molecule has 0 bridgehead atoms. The van der Waals surface area contributed by atoms with Crippen molar-refractivity contribution in [3.63, 3.8) is 0 Å². The Balaban J connectivity index is 1.48. The standard InChI is InChI=1S/C19H19N3O3/c20-13-15-1-7-18(8-2-15)25-14-19(24)22-11-9-21(10-12-22)16-3-5-17(23)6-4-16/h1-8,23H,9-12,14H2. The van der Waals surface area contributed by atoms with Gasteiger partial charge in [-0.25, -0.2) is 0 Å². The van der Waals surface area contributed by atoms with E-state index in [0.29, 0.717) is 24.4 Å². The van der Waals surface area contributed by atoms with E-state index in [1.165, 1.54) is 0 Å². The fourth-order valence-corrected chi connectivity index (χ4v) is 2.74. The largest absolute Gasteiger partial charge is 0.508 e. The Morgan fingerprint density at radius 2 is 1.68 bits per heavy atom. The number of amides is 1. The number of hydrogen-bond donors (Lipinski definition) is 1. The lowest BCUT2D eigenvalue weighted by Gasteiger charge is -2.36. The van der Waals surface area contributed by atoms with E-state index in [1.807, 2.05) is 18.2 Å². The maximum Gasteiger partial charge on any atom is 0.260 e. The molecule has 2 aromatic rings. The van der Waals surface area contributed by atoms with Crippen LogP contribution in [0.3, 0.4) is 0 Å². The van der Waals surface area contributed by atoms with E-state index in [1.54, 1.807) is 41.3 Å². The number of phenolic OH excluding ortho intramolecular Hbond substituents is 1. The molecule has 1 heterocycles. The summed E-state index contributed by atoms with van der Waals surface area (Å²) in [7, 11) is 0. The number of rotatable bonds is 4. The van der Waals surface area contributed by atoms with Crippen LogP contribution in [0.4, 0.5) is 5.69 Å². The lowest BCUT2D eigenvalue weighted by Crippen LogP contribution is -2.50. The molecule has 1 fully saturated rings. The molecule has 128 valence electrons. The highest BCUT2D eigenvalue weighted by Gasteiger charge is 2.21. The number of piperazine rings is 1. The average molecular weight is 337 g/mol. The number of benzene rings is 2. The van der Waals surface area contributed by atoms with Crippen molar-refractivity contribution < 1.29 is 14.6 Å². The summed E-state index contributed by atoms with van der Waals surface area (Å²) in [5, 5.41) is 18.1. The molecule has 0 unspecified atom stereocenters. The second-order valence-electron chi connectivity index (χ2n) is 5.81. The van der Waals surface area contributed by atoms with E-state index in [2.05, 4.69) is 4.90 Å². The highest BCUT2D eigenvalue weighted by molar-refractivity contribution is 5.78. The molecule has 0 radical (unpaired) electrons. The number of carbonyl (C=O) groups is 1. The second kappa shape index (κ2) is 7.58. The van der Waals surface area contributed by atoms with Crippen molar-refractivity contribution in [1.82, 2.24) is 4.90 Å². The Morgan fingerprint density at radius 3 is 2.28 bits per heavy atom. The first-order valence-electron chi connectivity index (χ1n) is 8.10. The van der Waals surface area contributed by atoms with Crippen LogP contribution < -0.4 is 9.64 Å². The summed E-state index contributed by atoms with van der Waals surface area (Å²) >= 11 is 0. The van der Waals surface area contributed by atoms with Gasteiger partial charge in [-0.15, -0.1) is 0 Å². The molecule has 2 aromatic carbocycles. The smallest absolute Gasteiger partial charge is 0.260 e. The second-order valence-corrected chi connectivity index (χ2v) is 5.81. The third-order valence-corrected chi connectivity index (χ3v) is 4.19. The number of nitriles is 1. The molecule has 1 aliphatic heterocycles. The molecule has 0 aliphatic carbocycles. The van der Waals surface area contributed by atoms with Crippen LogP contribution in [0.5, 0.6) is 11.5 Å². The lowest BCUT2D eigenvalue weighted by molar-refractivity contribution is -0.133. The molecule has 0 spiro atoms. The van der Waals surface area contributed by atoms with E-state index in [9.17, 15) is 9.90 Å². The first-order chi connectivity index (χ1) is 12.2. The molecule has 0 atom stereocenters. The first kappa shape index (κ1) is 16.7. The topological polar surface area (TPSA) is 76.8 Å². The van der Waals surface area contributed by atoms with Gasteiger partial charge >= 0.3 is 0 Å². The minimum Gasteiger partial charge on any atom is -0.508 e. The fraction of sp³-hybridized carbons (Fsp3) is 0.263. The van der Waals surface area contributed by atoms with Crippen molar-refractivity contribution in [3.8, 4) is 17.6 Å². The van der Waals surface area contributed by atoms with Crippen molar-refractivity contribution >= 4 is 11.6 Å². The van der Waals surface area contributed by atoms with Crippen molar-refractivity contribution in [1.29, 1.82) is 5.26 Å². The Kier molecular flexibility index (Phi) is 5.05. The van der Waals surface area contributed by atoms with Crippen molar-refractivity contribution in [2.24, 2.45) is 0 Å². The molecule has 1 aliphatic rings. The zero-order valence-electron chi connectivity index (χ0n) is 13.8. The predicted octanol–water partition coefficient (Wildman–Crippen LogP) is 1.99. The van der Waals surface area contributed by atoms with Crippen LogP contribution in [0.1, 0.15) is 5.56 Å². The van der Waals surface area contributed by atoms with Gasteiger partial charge in [0.25, 0.3) is 5.91 Å². The van der Waals surface area contributed by atoms with Crippen LogP contribution in [0.25, 0.3) is 0 Å². The number of hydrogen-bond acceptors (Lipinski definition) is 5. The monoisotopic (exact) mass is 337 g/mol. The summed E-state index contributed by atoms with van der Waals surface area (Å²) in [6.07, 6.45) is 0. The van der Waals surface area contributed by atoms with E-state index < -0.39 is 0 Å². The summed E-state index contributed by atoms with van der Waals surface area (Å²) < 4.78 is 5.50. The van der Waals surface area contributed by atoms with E-state index in [-0.39, 0.29) is 18.3 Å². The zero-order valence-corrected chi connectivity index (χ0v) is 13.8. The number of aromatic hydroxyl groups is 1. The van der Waals surface area contributed by atoms with Gasteiger partial charge in [-0.05, 0) is 48.5 Å². The molecule has 0 saturated carbocycles. The molecular weight excluding hydrogens is 318 g/mol. The maximum atomic E-state index is 12.3. The van der Waals surface area contributed by atoms with Crippen molar-refractivity contribution in [2.75, 3.05) is 37.7 Å². The summed E-state index contributed by atoms with van der Waals surface area (Å²) in [4.78, 5) is 16.3. The Hall–Kier alpha value is -3.20. The SMILES string of the molecule is N#Cc1ccc(OCC(=O)N2CCN(c3ccc(O)cc3)CC2)cc1. The molecule has 1 amide bonds. The van der Waals surface area contributed by atoms with Gasteiger partial charge in [0.1, 0.15) is 11.5 Å². The first-order valence-corrected chi connectivity index (χ1v) is 8.10. The minimum atomic E-state index is -0.0466. The van der Waals surface area contributed by atoms with Gasteiger partial charge in [0.05, 0.1) is 11.6 Å². The minimum absolute atomic E-state index is 0.00882. The van der Waals surface area contributed by atoms with E-state index >= 15 is 0 Å². The van der Waals surface area contributed by atoms with Gasteiger partial charge in [-0.1, -0.05) is 0 Å². The Morgan fingerprint density at radius 1 is 1.04 bits per heavy atom. The quantitative estimate of drug-likeness (QED) is 0.923. The molecule has 6 nitrogen and oxygen atoms in total. The Bertz CT molecular complexity index is 758. The summed E-state index contributed by atoms with van der Waals surface area (Å²) in [6.45, 7) is 2.75. The normalized spacial score (nSPS) is 14.0. The van der Waals surface area contributed by atoms with Gasteiger partial charge in [0.15, 0.2) is 6.61 Å². The fourth-order valence-electron chi connectivity index (χ4n) is 2.74. The molecule has 1 N–H and O–H groups in total. The number of nitrogens with zero attached hydrogens (tertiary/aromatic N) is 3. The highest BCUT2D eigenvalue weighted by atomic mass is 16.5. The van der Waals surface area contributed by atoms with Crippen LogP contribution in [0.2, 0.25) is 0 Å². The predicted molar refractivity (Wildman–Crippen MR) is 93.6 cm³/mol. The van der Waals surface area contributed by atoms with E-state index in [4.69, 9.17) is 10.00 Å².